The van der Waals surface area contributed by atoms with Crippen molar-refractivity contribution in [2.24, 2.45) is 17.8 Å². The summed E-state index contributed by atoms with van der Waals surface area (Å²) in [6.07, 6.45) is 1.52. The second-order valence-corrected chi connectivity index (χ2v) is 8.95. The van der Waals surface area contributed by atoms with Gasteiger partial charge in [-0.15, -0.1) is 0 Å². The fourth-order valence-corrected chi connectivity index (χ4v) is 4.99. The number of hydrogen-bond acceptors (Lipinski definition) is 7. The van der Waals surface area contributed by atoms with Crippen LogP contribution in [0.25, 0.3) is 10.9 Å². The Kier molecular flexibility index (Phi) is 5.10. The molecule has 10 heteroatoms. The third kappa shape index (κ3) is 3.82. The van der Waals surface area contributed by atoms with Crippen molar-refractivity contribution in [3.8, 4) is 6.01 Å². The molecule has 0 spiro atoms. The van der Waals surface area contributed by atoms with Crippen molar-refractivity contribution < 1.29 is 14.1 Å². The van der Waals surface area contributed by atoms with Gasteiger partial charge in [0.15, 0.2) is 0 Å². The maximum atomic E-state index is 13.5. The minimum absolute atomic E-state index is 0.00634. The Bertz CT molecular complexity index is 1210. The highest BCUT2D eigenvalue weighted by Gasteiger charge is 2.57. The Morgan fingerprint density at radius 3 is 2.75 bits per heavy atom. The van der Waals surface area contributed by atoms with Crippen LogP contribution in [0, 0.1) is 33.7 Å². The summed E-state index contributed by atoms with van der Waals surface area (Å²) in [6.45, 7) is 4.22. The number of nitrogens with one attached hydrogen (secondary N) is 1. The zero-order valence-corrected chi connectivity index (χ0v) is 18.2. The van der Waals surface area contributed by atoms with E-state index < -0.39 is 10.7 Å². The first-order valence-corrected chi connectivity index (χ1v) is 10.7. The van der Waals surface area contributed by atoms with Gasteiger partial charge in [0.2, 0.25) is 0 Å². The van der Waals surface area contributed by atoms with Gasteiger partial charge >= 0.3 is 6.01 Å². The van der Waals surface area contributed by atoms with Crippen LogP contribution in [0.3, 0.4) is 0 Å². The minimum Gasteiger partial charge on any atom is -0.460 e. The third-order valence-corrected chi connectivity index (χ3v) is 6.64. The van der Waals surface area contributed by atoms with E-state index in [1.165, 1.54) is 30.5 Å². The SMILES string of the molecule is C[C@@H](Oc1ncc2cc([N+](=O)[O-])c(Nc3ccc(F)c(Cl)c3)cc2n1)C1C2CN(C)C[C@@H]21. The molecule has 0 radical (unpaired) electrons. The summed E-state index contributed by atoms with van der Waals surface area (Å²) in [7, 11) is 2.13. The van der Waals surface area contributed by atoms with Gasteiger partial charge in [0.25, 0.3) is 5.69 Å². The smallest absolute Gasteiger partial charge is 0.317 e. The number of anilines is 2. The summed E-state index contributed by atoms with van der Waals surface area (Å²) in [5, 5.41) is 15.0. The second-order valence-electron chi connectivity index (χ2n) is 8.54. The molecule has 2 aliphatic rings. The van der Waals surface area contributed by atoms with Gasteiger partial charge in [0.1, 0.15) is 17.6 Å². The summed E-state index contributed by atoms with van der Waals surface area (Å²) in [5.74, 6) is 1.26. The maximum Gasteiger partial charge on any atom is 0.317 e. The molecule has 1 aliphatic carbocycles. The highest BCUT2D eigenvalue weighted by atomic mass is 35.5. The number of nitro benzene ring substituents is 1. The highest BCUT2D eigenvalue weighted by Crippen LogP contribution is 2.53. The molecule has 0 bridgehead atoms. The molecule has 1 saturated carbocycles. The zero-order valence-electron chi connectivity index (χ0n) is 17.5. The van der Waals surface area contributed by atoms with Crippen LogP contribution in [0.2, 0.25) is 5.02 Å². The molecule has 2 fully saturated rings. The van der Waals surface area contributed by atoms with Crippen molar-refractivity contribution in [1.82, 2.24) is 14.9 Å². The normalized spacial score (nSPS) is 23.1. The summed E-state index contributed by atoms with van der Waals surface area (Å²) >= 11 is 5.83. The summed E-state index contributed by atoms with van der Waals surface area (Å²) in [6, 6.07) is 7.22. The van der Waals surface area contributed by atoms with E-state index in [-0.39, 0.29) is 28.5 Å². The zero-order chi connectivity index (χ0) is 22.6. The fraction of sp³-hybridized carbons (Fsp3) is 0.364. The van der Waals surface area contributed by atoms with Crippen molar-refractivity contribution in [2.75, 3.05) is 25.5 Å². The standard InChI is InChI=1S/C22H21ClFN5O3/c1-11(21-14-9-28(2)10-15(14)21)32-22-25-8-12-5-20(29(30)31)19(7-18(12)27-22)26-13-3-4-17(24)16(23)6-13/h3-8,11,14-15,21,26H,9-10H2,1-2H3/t11-,14+,15?,21?/m1/s1. The van der Waals surface area contributed by atoms with E-state index in [9.17, 15) is 14.5 Å². The number of likely N-dealkylation sites (tertiary alicyclic amines) is 1. The van der Waals surface area contributed by atoms with Crippen LogP contribution >= 0.6 is 11.6 Å². The summed E-state index contributed by atoms with van der Waals surface area (Å²) in [4.78, 5) is 22.2. The van der Waals surface area contributed by atoms with E-state index in [1.54, 1.807) is 6.07 Å². The maximum absolute atomic E-state index is 13.5. The van der Waals surface area contributed by atoms with Gasteiger partial charge in [-0.05, 0) is 50.1 Å². The number of piperidine rings is 1. The highest BCUT2D eigenvalue weighted by molar-refractivity contribution is 6.31. The Morgan fingerprint density at radius 1 is 1.31 bits per heavy atom. The van der Waals surface area contributed by atoms with E-state index in [2.05, 4.69) is 27.2 Å². The van der Waals surface area contributed by atoms with Crippen LogP contribution in [0.4, 0.5) is 21.5 Å². The summed E-state index contributed by atoms with van der Waals surface area (Å²) in [5.41, 5.74) is 0.976. The average Bonchev–Trinajstić information content (AvgIpc) is 3.26. The van der Waals surface area contributed by atoms with E-state index in [0.29, 0.717) is 34.3 Å². The molecule has 2 heterocycles. The quantitative estimate of drug-likeness (QED) is 0.425. The Balaban J connectivity index is 1.41. The Labute approximate surface area is 188 Å². The van der Waals surface area contributed by atoms with Crippen molar-refractivity contribution in [3.05, 3.63) is 57.5 Å². The van der Waals surface area contributed by atoms with Crippen LogP contribution in [0.5, 0.6) is 6.01 Å². The first-order chi connectivity index (χ1) is 15.3. The lowest BCUT2D eigenvalue weighted by atomic mass is 10.1. The summed E-state index contributed by atoms with van der Waals surface area (Å²) < 4.78 is 19.5. The Morgan fingerprint density at radius 2 is 2.06 bits per heavy atom. The number of rotatable bonds is 6. The molecular weight excluding hydrogens is 437 g/mol. The Hall–Kier alpha value is -3.04. The van der Waals surface area contributed by atoms with E-state index >= 15 is 0 Å². The number of hydrogen-bond donors (Lipinski definition) is 1. The van der Waals surface area contributed by atoms with Crippen molar-refractivity contribution >= 4 is 39.6 Å². The number of fused-ring (bicyclic) bond motifs is 2. The minimum atomic E-state index is -0.569. The molecule has 1 aliphatic heterocycles. The van der Waals surface area contributed by atoms with Crippen molar-refractivity contribution in [2.45, 2.75) is 13.0 Å². The molecule has 4 atom stereocenters. The number of nitro groups is 1. The molecular formula is C22H21ClFN5O3. The lowest BCUT2D eigenvalue weighted by Gasteiger charge is -2.18. The third-order valence-electron chi connectivity index (χ3n) is 6.35. The van der Waals surface area contributed by atoms with E-state index in [0.717, 1.165) is 13.1 Å². The molecule has 0 amide bonds. The van der Waals surface area contributed by atoms with Crippen LogP contribution in [0.1, 0.15) is 6.92 Å². The van der Waals surface area contributed by atoms with Crippen LogP contribution in [-0.2, 0) is 0 Å². The number of aromatic nitrogens is 2. The second kappa shape index (κ2) is 7.83. The molecule has 1 aromatic heterocycles. The molecule has 32 heavy (non-hydrogen) atoms. The lowest BCUT2D eigenvalue weighted by Crippen LogP contribution is -2.26. The fourth-order valence-electron chi connectivity index (χ4n) is 4.81. The van der Waals surface area contributed by atoms with Crippen LogP contribution in [-0.4, -0.2) is 46.0 Å². The number of halogens is 2. The number of ether oxygens (including phenoxy) is 1. The predicted octanol–water partition coefficient (Wildman–Crippen LogP) is 4.65. The first-order valence-electron chi connectivity index (χ1n) is 10.3. The van der Waals surface area contributed by atoms with E-state index in [1.807, 2.05) is 6.92 Å². The first kappa shape index (κ1) is 20.8. The van der Waals surface area contributed by atoms with Gasteiger partial charge in [0.05, 0.1) is 15.5 Å². The predicted molar refractivity (Wildman–Crippen MR) is 119 cm³/mol. The molecule has 2 unspecified atom stereocenters. The van der Waals surface area contributed by atoms with Gasteiger partial charge in [0, 0.05) is 42.3 Å². The molecule has 5 rings (SSSR count). The average molecular weight is 458 g/mol. The monoisotopic (exact) mass is 457 g/mol. The molecule has 8 nitrogen and oxygen atoms in total. The number of benzene rings is 2. The molecule has 166 valence electrons. The van der Waals surface area contributed by atoms with E-state index in [4.69, 9.17) is 16.3 Å². The molecule has 1 saturated heterocycles. The molecule has 1 N–H and O–H groups in total. The molecule has 3 aromatic rings. The molecule has 2 aromatic carbocycles. The van der Waals surface area contributed by atoms with Crippen molar-refractivity contribution in [3.63, 3.8) is 0 Å². The van der Waals surface area contributed by atoms with Crippen molar-refractivity contribution in [1.29, 1.82) is 0 Å². The van der Waals surface area contributed by atoms with Crippen LogP contribution in [0.15, 0.2) is 36.5 Å². The van der Waals surface area contributed by atoms with Gasteiger partial charge in [-0.2, -0.15) is 4.98 Å². The largest absolute Gasteiger partial charge is 0.460 e. The van der Waals surface area contributed by atoms with Crippen LogP contribution < -0.4 is 10.1 Å². The van der Waals surface area contributed by atoms with Gasteiger partial charge in [-0.25, -0.2) is 9.37 Å². The van der Waals surface area contributed by atoms with Gasteiger partial charge in [-0.3, -0.25) is 10.1 Å². The van der Waals surface area contributed by atoms with Gasteiger partial charge in [-0.1, -0.05) is 11.6 Å². The topological polar surface area (TPSA) is 93.4 Å². The lowest BCUT2D eigenvalue weighted by molar-refractivity contribution is -0.383. The van der Waals surface area contributed by atoms with Gasteiger partial charge < -0.3 is 15.0 Å². The number of nitrogens with zero attached hydrogens (tertiary/aromatic N) is 4.